The van der Waals surface area contributed by atoms with Gasteiger partial charge in [0.15, 0.2) is 0 Å². The quantitative estimate of drug-likeness (QED) is 0.852. The number of pyridine rings is 1. The minimum absolute atomic E-state index is 0.241. The number of carbonyl (C=O) groups excluding carboxylic acids is 1. The Kier molecular flexibility index (Phi) is 3.17. The Morgan fingerprint density at radius 2 is 2.26 bits per heavy atom. The van der Waals surface area contributed by atoms with E-state index in [9.17, 15) is 4.79 Å². The Morgan fingerprint density at radius 3 is 3.00 bits per heavy atom. The van der Waals surface area contributed by atoms with E-state index in [1.54, 1.807) is 6.20 Å². The molecule has 0 aliphatic heterocycles. The smallest absolute Gasteiger partial charge is 0.327 e. The van der Waals surface area contributed by atoms with Crippen LogP contribution in [-0.2, 0) is 9.53 Å². The predicted molar refractivity (Wildman–Crippen MR) is 72.7 cm³/mol. The van der Waals surface area contributed by atoms with Gasteiger partial charge in [-0.2, -0.15) is 0 Å². The van der Waals surface area contributed by atoms with Gasteiger partial charge < -0.3 is 4.74 Å². The molecule has 1 unspecified atom stereocenters. The third kappa shape index (κ3) is 2.58. The zero-order chi connectivity index (χ0) is 13.2. The van der Waals surface area contributed by atoms with Crippen LogP contribution in [0.5, 0.6) is 0 Å². The van der Waals surface area contributed by atoms with Crippen molar-refractivity contribution in [2.24, 2.45) is 0 Å². The van der Waals surface area contributed by atoms with Gasteiger partial charge in [-0.25, -0.2) is 4.79 Å². The molecule has 1 aliphatic carbocycles. The summed E-state index contributed by atoms with van der Waals surface area (Å²) in [4.78, 5) is 16.2. The average Bonchev–Trinajstić information content (AvgIpc) is 3.27. The van der Waals surface area contributed by atoms with Crippen molar-refractivity contribution in [1.82, 2.24) is 10.3 Å². The lowest BCUT2D eigenvalue weighted by Gasteiger charge is -2.17. The first-order valence-electron chi connectivity index (χ1n) is 6.46. The molecule has 1 heterocycles. The number of aromatic nitrogens is 1. The summed E-state index contributed by atoms with van der Waals surface area (Å²) in [6.07, 6.45) is 4.02. The summed E-state index contributed by atoms with van der Waals surface area (Å²) in [5.41, 5.74) is 1.86. The third-order valence-corrected chi connectivity index (χ3v) is 3.38. The fourth-order valence-corrected chi connectivity index (χ4v) is 2.18. The molecule has 2 aromatic rings. The number of hydrogen-bond donors (Lipinski definition) is 1. The molecule has 0 radical (unpaired) electrons. The van der Waals surface area contributed by atoms with Crippen LogP contribution in [-0.4, -0.2) is 24.1 Å². The number of rotatable bonds is 4. The highest BCUT2D eigenvalue weighted by Crippen LogP contribution is 2.26. The number of esters is 1. The standard InChI is InChI=1S/C15H16N2O2/c1-19-15(18)14(17-12-5-6-12)11-4-7-13-10(9-11)3-2-8-16-13/h2-4,7-9,12,14,17H,5-6H2,1H3. The summed E-state index contributed by atoms with van der Waals surface area (Å²) >= 11 is 0. The number of hydrogen-bond acceptors (Lipinski definition) is 4. The van der Waals surface area contributed by atoms with Crippen molar-refractivity contribution in [3.63, 3.8) is 0 Å². The lowest BCUT2D eigenvalue weighted by atomic mass is 10.0. The van der Waals surface area contributed by atoms with Gasteiger partial charge in [0, 0.05) is 17.6 Å². The summed E-state index contributed by atoms with van der Waals surface area (Å²) in [5, 5.41) is 4.36. The Morgan fingerprint density at radius 1 is 1.42 bits per heavy atom. The van der Waals surface area contributed by atoms with Gasteiger partial charge in [0.1, 0.15) is 6.04 Å². The molecule has 1 aromatic carbocycles. The topological polar surface area (TPSA) is 51.2 Å². The summed E-state index contributed by atoms with van der Waals surface area (Å²) in [6.45, 7) is 0. The second-order valence-electron chi connectivity index (χ2n) is 4.85. The van der Waals surface area contributed by atoms with E-state index in [4.69, 9.17) is 4.74 Å². The highest BCUT2D eigenvalue weighted by atomic mass is 16.5. The van der Waals surface area contributed by atoms with Crippen LogP contribution < -0.4 is 5.32 Å². The van der Waals surface area contributed by atoms with Crippen molar-refractivity contribution < 1.29 is 9.53 Å². The first-order chi connectivity index (χ1) is 9.28. The molecule has 4 heteroatoms. The fraction of sp³-hybridized carbons (Fsp3) is 0.333. The van der Waals surface area contributed by atoms with Crippen LogP contribution in [0.15, 0.2) is 36.5 Å². The molecule has 1 aromatic heterocycles. The predicted octanol–water partition coefficient (Wildman–Crippen LogP) is 2.20. The van der Waals surface area contributed by atoms with Gasteiger partial charge in [0.25, 0.3) is 0 Å². The normalized spacial score (nSPS) is 16.3. The molecule has 1 fully saturated rings. The van der Waals surface area contributed by atoms with Crippen molar-refractivity contribution in [3.05, 3.63) is 42.1 Å². The van der Waals surface area contributed by atoms with Crippen molar-refractivity contribution >= 4 is 16.9 Å². The Balaban J connectivity index is 1.95. The van der Waals surface area contributed by atoms with Gasteiger partial charge in [-0.3, -0.25) is 10.3 Å². The zero-order valence-corrected chi connectivity index (χ0v) is 10.8. The first kappa shape index (κ1) is 12.1. The lowest BCUT2D eigenvalue weighted by molar-refractivity contribution is -0.143. The van der Waals surface area contributed by atoms with Crippen molar-refractivity contribution in [2.75, 3.05) is 7.11 Å². The minimum atomic E-state index is -0.387. The molecular weight excluding hydrogens is 240 g/mol. The van der Waals surface area contributed by atoms with Crippen LogP contribution >= 0.6 is 0 Å². The number of benzene rings is 1. The monoisotopic (exact) mass is 256 g/mol. The van der Waals surface area contributed by atoms with E-state index in [0.29, 0.717) is 6.04 Å². The van der Waals surface area contributed by atoms with Crippen molar-refractivity contribution in [3.8, 4) is 0 Å². The van der Waals surface area contributed by atoms with E-state index in [0.717, 1.165) is 29.3 Å². The number of nitrogens with zero attached hydrogens (tertiary/aromatic N) is 1. The highest BCUT2D eigenvalue weighted by Gasteiger charge is 2.30. The summed E-state index contributed by atoms with van der Waals surface area (Å²) < 4.78 is 4.89. The summed E-state index contributed by atoms with van der Waals surface area (Å²) in [7, 11) is 1.42. The second-order valence-corrected chi connectivity index (χ2v) is 4.85. The zero-order valence-electron chi connectivity index (χ0n) is 10.8. The highest BCUT2D eigenvalue weighted by molar-refractivity contribution is 5.83. The first-order valence-corrected chi connectivity index (χ1v) is 6.46. The van der Waals surface area contributed by atoms with Gasteiger partial charge in [0.2, 0.25) is 0 Å². The Hall–Kier alpha value is -1.94. The Bertz CT molecular complexity index is 608. The molecule has 1 saturated carbocycles. The average molecular weight is 256 g/mol. The number of carbonyl (C=O) groups is 1. The molecule has 0 amide bonds. The van der Waals surface area contributed by atoms with Crippen LogP contribution in [0.4, 0.5) is 0 Å². The van der Waals surface area contributed by atoms with Crippen molar-refractivity contribution in [1.29, 1.82) is 0 Å². The molecule has 4 nitrogen and oxygen atoms in total. The summed E-state index contributed by atoms with van der Waals surface area (Å²) in [5.74, 6) is -0.241. The molecule has 3 rings (SSSR count). The minimum Gasteiger partial charge on any atom is -0.468 e. The van der Waals surface area contributed by atoms with E-state index < -0.39 is 0 Å². The van der Waals surface area contributed by atoms with Crippen LogP contribution in [0.3, 0.4) is 0 Å². The SMILES string of the molecule is COC(=O)C(NC1CC1)c1ccc2ncccc2c1. The number of nitrogens with one attached hydrogen (secondary N) is 1. The van der Waals surface area contributed by atoms with Crippen molar-refractivity contribution in [2.45, 2.75) is 24.9 Å². The number of ether oxygens (including phenoxy) is 1. The number of methoxy groups -OCH3 is 1. The lowest BCUT2D eigenvalue weighted by Crippen LogP contribution is -2.31. The molecular formula is C15H16N2O2. The largest absolute Gasteiger partial charge is 0.468 e. The molecule has 0 spiro atoms. The summed E-state index contributed by atoms with van der Waals surface area (Å²) in [6, 6.07) is 9.82. The van der Waals surface area contributed by atoms with E-state index in [2.05, 4.69) is 10.3 Å². The number of fused-ring (bicyclic) bond motifs is 1. The van der Waals surface area contributed by atoms with E-state index in [1.807, 2.05) is 30.3 Å². The van der Waals surface area contributed by atoms with Gasteiger partial charge >= 0.3 is 5.97 Å². The molecule has 0 bridgehead atoms. The molecule has 1 N–H and O–H groups in total. The molecule has 1 atom stereocenters. The third-order valence-electron chi connectivity index (χ3n) is 3.38. The molecule has 98 valence electrons. The van der Waals surface area contributed by atoms with Crippen LogP contribution in [0, 0.1) is 0 Å². The molecule has 0 saturated heterocycles. The maximum absolute atomic E-state index is 11.9. The van der Waals surface area contributed by atoms with E-state index in [1.165, 1.54) is 7.11 Å². The van der Waals surface area contributed by atoms with E-state index in [-0.39, 0.29) is 12.0 Å². The van der Waals surface area contributed by atoms with Crippen LogP contribution in [0.1, 0.15) is 24.4 Å². The molecule has 19 heavy (non-hydrogen) atoms. The fourth-order valence-electron chi connectivity index (χ4n) is 2.18. The van der Waals surface area contributed by atoms with Crippen LogP contribution in [0.2, 0.25) is 0 Å². The molecule has 1 aliphatic rings. The maximum Gasteiger partial charge on any atom is 0.327 e. The van der Waals surface area contributed by atoms with Crippen LogP contribution in [0.25, 0.3) is 10.9 Å². The van der Waals surface area contributed by atoms with Gasteiger partial charge in [-0.1, -0.05) is 12.1 Å². The van der Waals surface area contributed by atoms with Gasteiger partial charge in [-0.15, -0.1) is 0 Å². The van der Waals surface area contributed by atoms with E-state index >= 15 is 0 Å². The Labute approximate surface area is 111 Å². The second kappa shape index (κ2) is 4.97. The van der Waals surface area contributed by atoms with Gasteiger partial charge in [-0.05, 0) is 36.6 Å². The van der Waals surface area contributed by atoms with Gasteiger partial charge in [0.05, 0.1) is 12.6 Å². The maximum atomic E-state index is 11.9.